The quantitative estimate of drug-likeness (QED) is 0.625. The van der Waals surface area contributed by atoms with E-state index in [4.69, 9.17) is 0 Å². The fraction of sp³-hybridized carbons (Fsp3) is 0.450. The minimum absolute atomic E-state index is 0.283. The maximum absolute atomic E-state index is 13.7. The number of imidazole rings is 1. The van der Waals surface area contributed by atoms with Gasteiger partial charge in [0.25, 0.3) is 5.56 Å². The summed E-state index contributed by atoms with van der Waals surface area (Å²) in [5.74, 6) is -1.25. The van der Waals surface area contributed by atoms with Gasteiger partial charge in [0.15, 0.2) is 22.8 Å². The van der Waals surface area contributed by atoms with E-state index in [0.29, 0.717) is 42.3 Å². The molecule has 3 rings (SSSR count). The molecule has 0 unspecified atom stereocenters. The molecule has 0 atom stereocenters. The lowest BCUT2D eigenvalue weighted by Crippen LogP contribution is -2.31. The van der Waals surface area contributed by atoms with Crippen LogP contribution in [0.3, 0.4) is 0 Å². The molecule has 0 spiro atoms. The molecule has 0 fully saturated rings. The number of halogens is 2. The van der Waals surface area contributed by atoms with Crippen LogP contribution < -0.4 is 16.1 Å². The Labute approximate surface area is 166 Å². The van der Waals surface area contributed by atoms with Gasteiger partial charge in [-0.3, -0.25) is 14.3 Å². The Bertz CT molecular complexity index is 1130. The van der Waals surface area contributed by atoms with Crippen molar-refractivity contribution < 1.29 is 8.78 Å². The average molecular weight is 405 g/mol. The summed E-state index contributed by atoms with van der Waals surface area (Å²) in [5.41, 5.74) is 0.258. The van der Waals surface area contributed by atoms with E-state index >= 15 is 0 Å². The molecular weight excluding hydrogens is 380 g/mol. The summed E-state index contributed by atoms with van der Waals surface area (Å²) in [4.78, 5) is 33.6. The van der Waals surface area contributed by atoms with Crippen LogP contribution in [0.4, 0.5) is 14.5 Å². The first-order chi connectivity index (χ1) is 13.9. The van der Waals surface area contributed by atoms with E-state index < -0.39 is 22.9 Å². The van der Waals surface area contributed by atoms with E-state index in [0.717, 1.165) is 25.0 Å². The first kappa shape index (κ1) is 20.8. The lowest BCUT2D eigenvalue weighted by Gasteiger charge is -2.23. The number of hydrogen-bond acceptors (Lipinski definition) is 4. The number of aromatic amines is 1. The Hall–Kier alpha value is -2.97. The van der Waals surface area contributed by atoms with Crippen molar-refractivity contribution in [2.75, 3.05) is 11.4 Å². The Kier molecular flexibility index (Phi) is 6.14. The number of aryl methyl sites for hydroxylation is 2. The summed E-state index contributed by atoms with van der Waals surface area (Å²) in [5, 5.41) is 0. The Morgan fingerprint density at radius 3 is 2.48 bits per heavy atom. The van der Waals surface area contributed by atoms with Crippen LogP contribution in [-0.2, 0) is 19.6 Å². The second-order valence-electron chi connectivity index (χ2n) is 6.82. The van der Waals surface area contributed by atoms with Crippen molar-refractivity contribution in [3.05, 3.63) is 56.5 Å². The summed E-state index contributed by atoms with van der Waals surface area (Å²) >= 11 is 0. The summed E-state index contributed by atoms with van der Waals surface area (Å²) in [6, 6.07) is 3.73. The molecule has 29 heavy (non-hydrogen) atoms. The molecular formula is C20H25F2N5O2. The predicted octanol–water partition coefficient (Wildman–Crippen LogP) is 3.01. The van der Waals surface area contributed by atoms with Crippen molar-refractivity contribution >= 4 is 16.9 Å². The lowest BCUT2D eigenvalue weighted by molar-refractivity contribution is 0.508. The zero-order valence-electron chi connectivity index (χ0n) is 16.8. The summed E-state index contributed by atoms with van der Waals surface area (Å²) in [6.45, 7) is 7.55. The maximum Gasteiger partial charge on any atom is 0.330 e. The van der Waals surface area contributed by atoms with Crippen molar-refractivity contribution in [2.45, 2.75) is 53.2 Å². The van der Waals surface area contributed by atoms with Gasteiger partial charge >= 0.3 is 5.69 Å². The maximum atomic E-state index is 13.7. The molecule has 0 aliphatic rings. The van der Waals surface area contributed by atoms with Crippen LogP contribution in [0.25, 0.3) is 11.2 Å². The number of benzene rings is 1. The minimum atomic E-state index is -0.921. The number of nitrogens with one attached hydrogen (secondary N) is 1. The fourth-order valence-corrected chi connectivity index (χ4v) is 3.44. The molecule has 0 aliphatic carbocycles. The van der Waals surface area contributed by atoms with Crippen molar-refractivity contribution in [1.29, 1.82) is 0 Å². The smallest absolute Gasteiger partial charge is 0.330 e. The van der Waals surface area contributed by atoms with Gasteiger partial charge in [0.05, 0.1) is 6.54 Å². The predicted molar refractivity (Wildman–Crippen MR) is 108 cm³/mol. The molecule has 2 aromatic heterocycles. The molecule has 156 valence electrons. The number of nitrogens with zero attached hydrogens (tertiary/aromatic N) is 4. The summed E-state index contributed by atoms with van der Waals surface area (Å²) in [7, 11) is 0. The summed E-state index contributed by atoms with van der Waals surface area (Å²) in [6.07, 6.45) is 1.68. The van der Waals surface area contributed by atoms with Gasteiger partial charge < -0.3 is 9.47 Å². The first-order valence-electron chi connectivity index (χ1n) is 9.83. The van der Waals surface area contributed by atoms with E-state index in [2.05, 4.69) is 9.97 Å². The highest BCUT2D eigenvalue weighted by atomic mass is 19.2. The highest BCUT2D eigenvalue weighted by Crippen LogP contribution is 2.21. The highest BCUT2D eigenvalue weighted by molar-refractivity contribution is 5.71. The number of fused-ring (bicyclic) bond motifs is 1. The molecule has 3 aromatic rings. The van der Waals surface area contributed by atoms with Crippen LogP contribution in [0.1, 0.15) is 39.4 Å². The van der Waals surface area contributed by atoms with Gasteiger partial charge in [-0.05, 0) is 32.4 Å². The second kappa shape index (κ2) is 8.59. The van der Waals surface area contributed by atoms with E-state index in [1.807, 2.05) is 25.7 Å². The largest absolute Gasteiger partial charge is 0.364 e. The topological polar surface area (TPSA) is 75.9 Å². The molecule has 0 saturated heterocycles. The number of unbranched alkanes of at least 4 members (excludes halogenated alkanes) is 1. The van der Waals surface area contributed by atoms with Crippen molar-refractivity contribution in [3.8, 4) is 0 Å². The molecule has 9 heteroatoms. The van der Waals surface area contributed by atoms with Crippen LogP contribution in [0, 0.1) is 11.6 Å². The number of hydrogen-bond donors (Lipinski definition) is 1. The average Bonchev–Trinajstić information content (AvgIpc) is 3.06. The van der Waals surface area contributed by atoms with Crippen LogP contribution in [-0.4, -0.2) is 25.6 Å². The van der Waals surface area contributed by atoms with Gasteiger partial charge in [0.2, 0.25) is 0 Å². The van der Waals surface area contributed by atoms with E-state index in [1.54, 1.807) is 4.57 Å². The first-order valence-corrected chi connectivity index (χ1v) is 9.83. The van der Waals surface area contributed by atoms with Crippen molar-refractivity contribution in [3.63, 3.8) is 0 Å². The Balaban J connectivity index is 2.10. The van der Waals surface area contributed by atoms with Crippen LogP contribution in [0.15, 0.2) is 27.8 Å². The van der Waals surface area contributed by atoms with Gasteiger partial charge in [-0.25, -0.2) is 18.6 Å². The lowest BCUT2D eigenvalue weighted by atomic mass is 10.2. The van der Waals surface area contributed by atoms with Gasteiger partial charge in [-0.1, -0.05) is 13.3 Å². The molecule has 0 amide bonds. The number of aromatic nitrogens is 4. The van der Waals surface area contributed by atoms with E-state index in [-0.39, 0.29) is 6.54 Å². The minimum Gasteiger partial charge on any atom is -0.364 e. The highest BCUT2D eigenvalue weighted by Gasteiger charge is 2.19. The normalized spacial score (nSPS) is 11.3. The van der Waals surface area contributed by atoms with Crippen LogP contribution >= 0.6 is 0 Å². The Morgan fingerprint density at radius 2 is 1.86 bits per heavy atom. The van der Waals surface area contributed by atoms with Gasteiger partial charge in [0, 0.05) is 31.4 Å². The monoisotopic (exact) mass is 405 g/mol. The third kappa shape index (κ3) is 3.94. The van der Waals surface area contributed by atoms with Crippen LogP contribution in [0.5, 0.6) is 0 Å². The van der Waals surface area contributed by atoms with E-state index in [9.17, 15) is 18.4 Å². The van der Waals surface area contributed by atoms with E-state index in [1.165, 1.54) is 10.6 Å². The molecule has 1 N–H and O–H groups in total. The fourth-order valence-electron chi connectivity index (χ4n) is 3.44. The Morgan fingerprint density at radius 1 is 1.10 bits per heavy atom. The SMILES string of the molecule is CCCCn1c(=O)[nH]c(=O)c2c1nc(CN(CC)c1ccc(F)c(F)c1)n2CC. The number of rotatable bonds is 8. The molecule has 1 aromatic carbocycles. The molecule has 0 bridgehead atoms. The zero-order chi connectivity index (χ0) is 21.1. The molecule has 0 saturated carbocycles. The number of anilines is 1. The standard InChI is InChI=1S/C20H25F2N5O2/c1-4-7-10-27-18-17(19(28)24-20(27)29)26(6-3)16(23-18)12-25(5-2)13-8-9-14(21)15(22)11-13/h8-9,11H,4-7,10,12H2,1-3H3,(H,24,28,29). The van der Waals surface area contributed by atoms with Gasteiger partial charge in [-0.15, -0.1) is 0 Å². The number of H-pyrrole nitrogens is 1. The molecule has 0 aliphatic heterocycles. The van der Waals surface area contributed by atoms with Gasteiger partial charge in [-0.2, -0.15) is 0 Å². The molecule has 7 nitrogen and oxygen atoms in total. The third-order valence-electron chi connectivity index (χ3n) is 5.00. The second-order valence-corrected chi connectivity index (χ2v) is 6.82. The summed E-state index contributed by atoms with van der Waals surface area (Å²) < 4.78 is 30.2. The molecule has 2 heterocycles. The van der Waals surface area contributed by atoms with Crippen molar-refractivity contribution in [2.24, 2.45) is 0 Å². The van der Waals surface area contributed by atoms with Crippen LogP contribution in [0.2, 0.25) is 0 Å². The van der Waals surface area contributed by atoms with Crippen molar-refractivity contribution in [1.82, 2.24) is 19.1 Å². The molecule has 0 radical (unpaired) electrons. The van der Waals surface area contributed by atoms with Gasteiger partial charge in [0.1, 0.15) is 5.82 Å². The zero-order valence-corrected chi connectivity index (χ0v) is 16.8. The third-order valence-corrected chi connectivity index (χ3v) is 5.00.